The van der Waals surface area contributed by atoms with E-state index in [0.29, 0.717) is 18.7 Å². The van der Waals surface area contributed by atoms with Crippen LogP contribution >= 0.6 is 23.1 Å². The maximum atomic E-state index is 14.0. The molecule has 0 saturated carbocycles. The summed E-state index contributed by atoms with van der Waals surface area (Å²) in [6.45, 7) is 1.22. The van der Waals surface area contributed by atoms with Crippen LogP contribution in [0.25, 0.3) is 10.2 Å². The van der Waals surface area contributed by atoms with Gasteiger partial charge in [-0.3, -0.25) is 4.79 Å². The van der Waals surface area contributed by atoms with E-state index in [0.717, 1.165) is 20.6 Å². The number of thioether (sulfide) groups is 1. The standard InChI is InChI=1S/C20H21F2N3OS2/c1-24(2)9-10-25(12-14-7-8-15(21)11-16(14)22)19(26)13-27-20-23-17-5-3-4-6-18(17)28-20/h3-8,11H,9-10,12-13H2,1-2H3. The number of para-hydroxylation sites is 1. The van der Waals surface area contributed by atoms with Gasteiger partial charge < -0.3 is 9.80 Å². The maximum absolute atomic E-state index is 14.0. The molecular weight excluding hydrogens is 400 g/mol. The molecule has 0 radical (unpaired) electrons. The van der Waals surface area contributed by atoms with Crippen LogP contribution in [0.4, 0.5) is 8.78 Å². The highest BCUT2D eigenvalue weighted by Crippen LogP contribution is 2.29. The molecule has 0 aliphatic heterocycles. The largest absolute Gasteiger partial charge is 0.336 e. The van der Waals surface area contributed by atoms with Crippen LogP contribution in [0.15, 0.2) is 46.8 Å². The predicted octanol–water partition coefficient (Wildman–Crippen LogP) is 4.26. The van der Waals surface area contributed by atoms with E-state index in [1.807, 2.05) is 43.3 Å². The number of thiazole rings is 1. The summed E-state index contributed by atoms with van der Waals surface area (Å²) in [4.78, 5) is 20.9. The number of hydrogen-bond acceptors (Lipinski definition) is 5. The number of carbonyl (C=O) groups is 1. The number of amides is 1. The molecule has 0 spiro atoms. The van der Waals surface area contributed by atoms with Gasteiger partial charge in [0.2, 0.25) is 5.91 Å². The Balaban J connectivity index is 1.68. The fourth-order valence-corrected chi connectivity index (χ4v) is 4.57. The number of aromatic nitrogens is 1. The maximum Gasteiger partial charge on any atom is 0.233 e. The number of halogens is 2. The molecule has 0 bridgehead atoms. The van der Waals surface area contributed by atoms with Crippen LogP contribution in [0, 0.1) is 11.6 Å². The Morgan fingerprint density at radius 2 is 1.93 bits per heavy atom. The van der Waals surface area contributed by atoms with Gasteiger partial charge in [-0.2, -0.15) is 0 Å². The molecule has 3 aromatic rings. The first kappa shape index (κ1) is 20.7. The minimum Gasteiger partial charge on any atom is -0.336 e. The summed E-state index contributed by atoms with van der Waals surface area (Å²) < 4.78 is 29.1. The van der Waals surface area contributed by atoms with Crippen LogP contribution < -0.4 is 0 Å². The van der Waals surface area contributed by atoms with Crippen molar-refractivity contribution >= 4 is 39.2 Å². The Hall–Kier alpha value is -2.03. The van der Waals surface area contributed by atoms with Gasteiger partial charge in [-0.15, -0.1) is 11.3 Å². The molecule has 3 rings (SSSR count). The number of carbonyl (C=O) groups excluding carboxylic acids is 1. The lowest BCUT2D eigenvalue weighted by atomic mass is 10.2. The summed E-state index contributed by atoms with van der Waals surface area (Å²) >= 11 is 2.93. The van der Waals surface area contributed by atoms with E-state index >= 15 is 0 Å². The van der Waals surface area contributed by atoms with Crippen molar-refractivity contribution in [1.82, 2.24) is 14.8 Å². The Labute approximate surface area is 171 Å². The summed E-state index contributed by atoms with van der Waals surface area (Å²) in [7, 11) is 3.83. The molecule has 8 heteroatoms. The van der Waals surface area contributed by atoms with Gasteiger partial charge in [-0.05, 0) is 32.3 Å². The average Bonchev–Trinajstić information content (AvgIpc) is 3.07. The highest BCUT2D eigenvalue weighted by Gasteiger charge is 2.18. The van der Waals surface area contributed by atoms with Crippen molar-refractivity contribution in [3.63, 3.8) is 0 Å². The number of benzene rings is 2. The molecule has 2 aromatic carbocycles. The second-order valence-electron chi connectivity index (χ2n) is 6.59. The first-order valence-electron chi connectivity index (χ1n) is 8.77. The van der Waals surface area contributed by atoms with E-state index in [9.17, 15) is 13.6 Å². The zero-order valence-electron chi connectivity index (χ0n) is 15.7. The SMILES string of the molecule is CN(C)CCN(Cc1ccc(F)cc1F)C(=O)CSc1nc2ccccc2s1. The highest BCUT2D eigenvalue weighted by atomic mass is 32.2. The molecule has 0 aliphatic carbocycles. The lowest BCUT2D eigenvalue weighted by Gasteiger charge is -2.24. The average molecular weight is 422 g/mol. The fourth-order valence-electron chi connectivity index (χ4n) is 2.60. The van der Waals surface area contributed by atoms with E-state index in [1.54, 1.807) is 16.2 Å². The van der Waals surface area contributed by atoms with Gasteiger partial charge in [0.15, 0.2) is 4.34 Å². The smallest absolute Gasteiger partial charge is 0.233 e. The normalized spacial score (nSPS) is 11.3. The van der Waals surface area contributed by atoms with Gasteiger partial charge in [-0.1, -0.05) is 30.0 Å². The van der Waals surface area contributed by atoms with Gasteiger partial charge in [0.1, 0.15) is 11.6 Å². The van der Waals surface area contributed by atoms with Crippen LogP contribution in [-0.4, -0.2) is 53.6 Å². The monoisotopic (exact) mass is 421 g/mol. The lowest BCUT2D eigenvalue weighted by molar-refractivity contribution is -0.129. The Bertz CT molecular complexity index is 929. The second kappa shape index (κ2) is 9.45. The summed E-state index contributed by atoms with van der Waals surface area (Å²) in [5, 5.41) is 0. The van der Waals surface area contributed by atoms with Gasteiger partial charge >= 0.3 is 0 Å². The third kappa shape index (κ3) is 5.50. The summed E-state index contributed by atoms with van der Waals surface area (Å²) in [5.41, 5.74) is 1.22. The zero-order valence-corrected chi connectivity index (χ0v) is 17.3. The van der Waals surface area contributed by atoms with E-state index < -0.39 is 11.6 Å². The van der Waals surface area contributed by atoms with Gasteiger partial charge in [0.05, 0.1) is 16.0 Å². The van der Waals surface area contributed by atoms with Crippen molar-refractivity contribution in [1.29, 1.82) is 0 Å². The third-order valence-corrected chi connectivity index (χ3v) is 6.30. The zero-order chi connectivity index (χ0) is 20.1. The van der Waals surface area contributed by atoms with Crippen molar-refractivity contribution < 1.29 is 13.6 Å². The molecular formula is C20H21F2N3OS2. The summed E-state index contributed by atoms with van der Waals surface area (Å²) in [6.07, 6.45) is 0. The van der Waals surface area contributed by atoms with Crippen molar-refractivity contribution in [2.75, 3.05) is 32.9 Å². The molecule has 148 valence electrons. The Kier molecular flexibility index (Phi) is 6.98. The Morgan fingerprint density at radius 1 is 1.14 bits per heavy atom. The molecule has 0 atom stereocenters. The molecule has 4 nitrogen and oxygen atoms in total. The van der Waals surface area contributed by atoms with Gasteiger partial charge in [0.25, 0.3) is 0 Å². The molecule has 0 N–H and O–H groups in total. The number of hydrogen-bond donors (Lipinski definition) is 0. The summed E-state index contributed by atoms with van der Waals surface area (Å²) in [6, 6.07) is 11.3. The molecule has 0 fully saturated rings. The molecule has 1 aromatic heterocycles. The molecule has 1 heterocycles. The molecule has 1 amide bonds. The molecule has 0 saturated heterocycles. The van der Waals surface area contributed by atoms with Crippen LogP contribution in [0.5, 0.6) is 0 Å². The molecule has 0 aliphatic rings. The van der Waals surface area contributed by atoms with Crippen molar-refractivity contribution in [3.8, 4) is 0 Å². The quantitative estimate of drug-likeness (QED) is 0.510. The van der Waals surface area contributed by atoms with Gasteiger partial charge in [0, 0.05) is 31.3 Å². The first-order chi connectivity index (χ1) is 13.4. The van der Waals surface area contributed by atoms with E-state index in [1.165, 1.54) is 23.9 Å². The van der Waals surface area contributed by atoms with E-state index in [2.05, 4.69) is 4.98 Å². The number of likely N-dealkylation sites (N-methyl/N-ethyl adjacent to an activating group) is 1. The topological polar surface area (TPSA) is 36.4 Å². The highest BCUT2D eigenvalue weighted by molar-refractivity contribution is 8.01. The van der Waals surface area contributed by atoms with E-state index in [-0.39, 0.29) is 18.2 Å². The minimum absolute atomic E-state index is 0.102. The number of fused-ring (bicyclic) bond motifs is 1. The molecule has 0 unspecified atom stereocenters. The molecule has 28 heavy (non-hydrogen) atoms. The van der Waals surface area contributed by atoms with E-state index in [4.69, 9.17) is 0 Å². The number of rotatable bonds is 8. The van der Waals surface area contributed by atoms with Crippen LogP contribution in [0.2, 0.25) is 0 Å². The lowest BCUT2D eigenvalue weighted by Crippen LogP contribution is -2.37. The fraction of sp³-hybridized carbons (Fsp3) is 0.300. The van der Waals surface area contributed by atoms with Gasteiger partial charge in [-0.25, -0.2) is 13.8 Å². The predicted molar refractivity (Wildman–Crippen MR) is 111 cm³/mol. The van der Waals surface area contributed by atoms with Crippen LogP contribution in [-0.2, 0) is 11.3 Å². The van der Waals surface area contributed by atoms with Crippen molar-refractivity contribution in [2.45, 2.75) is 10.9 Å². The van der Waals surface area contributed by atoms with Crippen molar-refractivity contribution in [2.24, 2.45) is 0 Å². The number of nitrogens with zero attached hydrogens (tertiary/aromatic N) is 3. The second-order valence-corrected chi connectivity index (χ2v) is 8.84. The third-order valence-electron chi connectivity index (χ3n) is 4.14. The minimum atomic E-state index is -0.638. The van der Waals surface area contributed by atoms with Crippen LogP contribution in [0.3, 0.4) is 0 Å². The Morgan fingerprint density at radius 3 is 2.64 bits per heavy atom. The van der Waals surface area contributed by atoms with Crippen LogP contribution in [0.1, 0.15) is 5.56 Å². The summed E-state index contributed by atoms with van der Waals surface area (Å²) in [5.74, 6) is -1.15. The first-order valence-corrected chi connectivity index (χ1v) is 10.6. The van der Waals surface area contributed by atoms with Crippen molar-refractivity contribution in [3.05, 3.63) is 59.7 Å².